The fourth-order valence-corrected chi connectivity index (χ4v) is 2.95. The molecule has 32 heavy (non-hydrogen) atoms. The van der Waals surface area contributed by atoms with Crippen LogP contribution in [0.5, 0.6) is 0 Å². The van der Waals surface area contributed by atoms with Gasteiger partial charge in [-0.1, -0.05) is 78.0 Å². The average Bonchev–Trinajstić information content (AvgIpc) is 3.32. The molecule has 0 saturated carbocycles. The van der Waals surface area contributed by atoms with Gasteiger partial charge in [0, 0.05) is 44.1 Å². The predicted molar refractivity (Wildman–Crippen MR) is 117 cm³/mol. The van der Waals surface area contributed by atoms with Crippen molar-refractivity contribution in [2.24, 2.45) is 0 Å². The zero-order valence-electron chi connectivity index (χ0n) is 16.7. The molecule has 0 bridgehead atoms. The van der Waals surface area contributed by atoms with E-state index in [4.69, 9.17) is 0 Å². The van der Waals surface area contributed by atoms with Crippen molar-refractivity contribution in [2.45, 2.75) is 0 Å². The minimum absolute atomic E-state index is 0. The second-order valence-corrected chi connectivity index (χ2v) is 6.58. The van der Waals surface area contributed by atoms with Gasteiger partial charge >= 0.3 is 0 Å². The Morgan fingerprint density at radius 1 is 0.719 bits per heavy atom. The molecule has 3 nitrogen and oxygen atoms in total. The van der Waals surface area contributed by atoms with E-state index in [1.165, 1.54) is 0 Å². The summed E-state index contributed by atoms with van der Waals surface area (Å²) in [6.07, 6.45) is 5.21. The van der Waals surface area contributed by atoms with Crippen LogP contribution in [0.2, 0.25) is 0 Å². The van der Waals surface area contributed by atoms with Crippen molar-refractivity contribution >= 4 is 0 Å². The van der Waals surface area contributed by atoms with E-state index < -0.39 is 11.6 Å². The van der Waals surface area contributed by atoms with Gasteiger partial charge in [-0.3, -0.25) is 8.78 Å². The zero-order valence-corrected chi connectivity index (χ0v) is 19.1. The van der Waals surface area contributed by atoms with Crippen molar-refractivity contribution in [3.63, 3.8) is 0 Å². The van der Waals surface area contributed by atoms with E-state index in [1.807, 2.05) is 42.6 Å². The molecule has 0 N–H and O–H groups in total. The molecule has 0 fully saturated rings. The number of benzene rings is 2. The second-order valence-electron chi connectivity index (χ2n) is 6.58. The van der Waals surface area contributed by atoms with Gasteiger partial charge in [0.2, 0.25) is 0 Å². The number of aromatic nitrogens is 3. The number of rotatable bonds is 3. The number of pyridine rings is 2. The molecule has 3 aromatic heterocycles. The van der Waals surface area contributed by atoms with E-state index in [0.717, 1.165) is 34.6 Å². The molecule has 5 aromatic rings. The summed E-state index contributed by atoms with van der Waals surface area (Å²) in [6, 6.07) is 27.6. The third-order valence-electron chi connectivity index (χ3n) is 4.44. The molecule has 3 heterocycles. The summed E-state index contributed by atoms with van der Waals surface area (Å²) in [5.41, 5.74) is 4.78. The normalized spacial score (nSPS) is 9.94. The summed E-state index contributed by atoms with van der Waals surface area (Å²) in [7, 11) is 0. The fourth-order valence-electron chi connectivity index (χ4n) is 2.95. The maximum absolute atomic E-state index is 13.2. The fraction of sp³-hybridized carbons (Fsp3) is 0. The molecule has 0 atom stereocenters. The molecule has 5 rings (SSSR count). The minimum atomic E-state index is -0.649. The van der Waals surface area contributed by atoms with Crippen molar-refractivity contribution in [3.05, 3.63) is 121 Å². The van der Waals surface area contributed by atoms with Gasteiger partial charge in [-0.2, -0.15) is 0 Å². The Kier molecular flexibility index (Phi) is 8.14. The van der Waals surface area contributed by atoms with E-state index in [1.54, 1.807) is 30.6 Å². The number of hydrogen-bond acceptors (Lipinski definition) is 3. The molecule has 0 saturated heterocycles. The van der Waals surface area contributed by atoms with Crippen LogP contribution in [0.1, 0.15) is 0 Å². The molecule has 0 aliphatic rings. The SMILES string of the molecule is Fc1c[c-]c(-c2ccccn2)c(F)c1.[Ir].c1ccc(-c2cc(-c3ccccn3)[cH-]n2)cc1. The van der Waals surface area contributed by atoms with Crippen LogP contribution in [-0.2, 0) is 20.1 Å². The molecule has 0 amide bonds. The Bertz CT molecular complexity index is 1190. The molecule has 1 radical (unpaired) electrons. The van der Waals surface area contributed by atoms with Gasteiger partial charge in [-0.15, -0.1) is 23.8 Å². The van der Waals surface area contributed by atoms with Crippen LogP contribution in [0.3, 0.4) is 0 Å². The molecular formula is C26H17F2IrN3-2. The second kappa shape index (κ2) is 11.2. The van der Waals surface area contributed by atoms with Crippen LogP contribution in [0.15, 0.2) is 104 Å². The summed E-state index contributed by atoms with van der Waals surface area (Å²) < 4.78 is 25.8. The van der Waals surface area contributed by atoms with E-state index in [2.05, 4.69) is 39.2 Å². The maximum Gasteiger partial charge on any atom is 0.0408 e. The molecule has 0 unspecified atom stereocenters. The Hall–Kier alpha value is -3.47. The van der Waals surface area contributed by atoms with Crippen molar-refractivity contribution in [1.82, 2.24) is 15.0 Å². The van der Waals surface area contributed by atoms with Gasteiger partial charge in [-0.05, 0) is 29.2 Å². The first-order valence-electron chi connectivity index (χ1n) is 9.58. The van der Waals surface area contributed by atoms with Gasteiger partial charge in [0.1, 0.15) is 0 Å². The summed E-state index contributed by atoms with van der Waals surface area (Å²) >= 11 is 0. The topological polar surface area (TPSA) is 38.7 Å². The van der Waals surface area contributed by atoms with Crippen LogP contribution in [0, 0.1) is 17.7 Å². The van der Waals surface area contributed by atoms with Crippen molar-refractivity contribution in [1.29, 1.82) is 0 Å². The quantitative estimate of drug-likeness (QED) is 0.226. The van der Waals surface area contributed by atoms with Gasteiger partial charge in [-0.25, -0.2) is 0 Å². The monoisotopic (exact) mass is 602 g/mol. The number of hydrogen-bond donors (Lipinski definition) is 0. The molecular weight excluding hydrogens is 585 g/mol. The summed E-state index contributed by atoms with van der Waals surface area (Å²) in [5, 5.41) is 0. The molecule has 0 aliphatic carbocycles. The van der Waals surface area contributed by atoms with Crippen LogP contribution >= 0.6 is 0 Å². The Morgan fingerprint density at radius 2 is 1.38 bits per heavy atom. The van der Waals surface area contributed by atoms with Gasteiger partial charge in [0.15, 0.2) is 0 Å². The average molecular weight is 602 g/mol. The van der Waals surface area contributed by atoms with E-state index >= 15 is 0 Å². The first-order chi connectivity index (χ1) is 15.2. The Balaban J connectivity index is 0.000000178. The summed E-state index contributed by atoms with van der Waals surface area (Å²) in [6.45, 7) is 0. The van der Waals surface area contributed by atoms with E-state index in [-0.39, 0.29) is 25.7 Å². The summed E-state index contributed by atoms with van der Waals surface area (Å²) in [4.78, 5) is 12.7. The first-order valence-corrected chi connectivity index (χ1v) is 9.58. The Morgan fingerprint density at radius 3 is 2.00 bits per heavy atom. The third kappa shape index (κ3) is 5.81. The van der Waals surface area contributed by atoms with Crippen molar-refractivity contribution < 1.29 is 28.9 Å². The van der Waals surface area contributed by atoms with Crippen molar-refractivity contribution in [2.75, 3.05) is 0 Å². The number of nitrogens with zero attached hydrogens (tertiary/aromatic N) is 3. The van der Waals surface area contributed by atoms with Gasteiger partial charge < -0.3 is 15.0 Å². The third-order valence-corrected chi connectivity index (χ3v) is 4.44. The first kappa shape index (κ1) is 23.2. The largest absolute Gasteiger partial charge is 0.361 e. The van der Waals surface area contributed by atoms with Crippen molar-refractivity contribution in [3.8, 4) is 33.8 Å². The minimum Gasteiger partial charge on any atom is -0.361 e. The van der Waals surface area contributed by atoms with Crippen LogP contribution in [-0.4, -0.2) is 15.0 Å². The van der Waals surface area contributed by atoms with E-state index in [0.29, 0.717) is 5.69 Å². The molecule has 0 aliphatic heterocycles. The summed E-state index contributed by atoms with van der Waals surface area (Å²) in [5.74, 6) is -1.29. The smallest absolute Gasteiger partial charge is 0.0408 e. The number of halogens is 2. The van der Waals surface area contributed by atoms with Crippen LogP contribution in [0.25, 0.3) is 33.8 Å². The molecule has 6 heteroatoms. The zero-order chi connectivity index (χ0) is 21.5. The molecule has 161 valence electrons. The van der Waals surface area contributed by atoms with Gasteiger partial charge in [0.05, 0.1) is 0 Å². The predicted octanol–water partition coefficient (Wildman–Crippen LogP) is 6.35. The van der Waals surface area contributed by atoms with Crippen LogP contribution < -0.4 is 0 Å². The molecule has 2 aromatic carbocycles. The van der Waals surface area contributed by atoms with Crippen LogP contribution in [0.4, 0.5) is 8.78 Å². The maximum atomic E-state index is 13.2. The molecule has 0 spiro atoms. The van der Waals surface area contributed by atoms with Gasteiger partial charge in [0.25, 0.3) is 0 Å². The standard InChI is InChI=1S/C15H11N2.C11H6F2N.Ir/c1-2-6-12(7-3-1)15-10-13(11-17-15)14-8-4-5-9-16-14;12-8-4-5-9(10(13)7-8)11-3-1-2-6-14-11;/h1-11H;1-4,6-7H;/q2*-1;. The Labute approximate surface area is 198 Å². The van der Waals surface area contributed by atoms with E-state index in [9.17, 15) is 8.78 Å².